The average molecular weight is 470 g/mol. The number of hydrogen-bond acceptors (Lipinski definition) is 2. The summed E-state index contributed by atoms with van der Waals surface area (Å²) in [5, 5.41) is 0. The van der Waals surface area contributed by atoms with Crippen molar-refractivity contribution in [2.75, 3.05) is 0 Å². The maximum absolute atomic E-state index is 13.5. The summed E-state index contributed by atoms with van der Waals surface area (Å²) in [6, 6.07) is 34.9. The minimum absolute atomic E-state index is 0.101. The third-order valence-corrected chi connectivity index (χ3v) is 7.24. The van der Waals surface area contributed by atoms with Crippen LogP contribution in [0.3, 0.4) is 0 Å². The zero-order valence-corrected chi connectivity index (χ0v) is 18.2. The molecule has 0 bridgehead atoms. The van der Waals surface area contributed by atoms with Crippen molar-refractivity contribution >= 4 is 41.2 Å². The molecule has 5 rings (SSSR count). The van der Waals surface area contributed by atoms with E-state index in [-0.39, 0.29) is 20.8 Å². The summed E-state index contributed by atoms with van der Waals surface area (Å²) in [6.45, 7) is 0. The fraction of sp³-hybridized carbons (Fsp3) is 0. The van der Waals surface area contributed by atoms with Crippen LogP contribution in [0.15, 0.2) is 114 Å². The number of hydrogen-bond donors (Lipinski definition) is 0. The zero-order chi connectivity index (χ0) is 21.0. The molecule has 0 saturated carbocycles. The zero-order valence-electron chi connectivity index (χ0n) is 16.5. The molecule has 2 nitrogen and oxygen atoms in total. The third kappa shape index (κ3) is 4.22. The van der Waals surface area contributed by atoms with Gasteiger partial charge in [0.25, 0.3) is 0 Å². The molecule has 0 atom stereocenters. The number of fused-ring (bicyclic) bond motifs is 1. The van der Waals surface area contributed by atoms with Crippen molar-refractivity contribution in [2.45, 2.75) is 0 Å². The second-order valence-corrected chi connectivity index (χ2v) is 9.26. The van der Waals surface area contributed by atoms with Gasteiger partial charge in [0.1, 0.15) is 0 Å². The first-order chi connectivity index (χ1) is 15.3. The first-order valence-electron chi connectivity index (χ1n) is 9.92. The van der Waals surface area contributed by atoms with E-state index in [1.165, 1.54) is 12.1 Å². The van der Waals surface area contributed by atoms with Crippen LogP contribution in [0.5, 0.6) is 0 Å². The van der Waals surface area contributed by atoms with Crippen molar-refractivity contribution in [3.05, 3.63) is 132 Å². The number of rotatable bonds is 4. The van der Waals surface area contributed by atoms with Crippen LogP contribution in [0.1, 0.15) is 16.7 Å². The Hall–Kier alpha value is -3.46. The van der Waals surface area contributed by atoms with Crippen LogP contribution >= 0.6 is 0 Å². The monoisotopic (exact) mass is 471 g/mol. The fourth-order valence-corrected chi connectivity index (χ4v) is 5.48. The minimum atomic E-state index is -0.230. The Bertz CT molecular complexity index is 1270. The van der Waals surface area contributed by atoms with Crippen LogP contribution in [0, 0.1) is 5.82 Å². The molecule has 4 aromatic rings. The molecule has 150 valence electrons. The van der Waals surface area contributed by atoms with Gasteiger partial charge < -0.3 is 0 Å². The summed E-state index contributed by atoms with van der Waals surface area (Å²) in [5.41, 5.74) is 3.86. The Morgan fingerprint density at radius 2 is 1.35 bits per heavy atom. The second kappa shape index (κ2) is 8.73. The maximum atomic E-state index is 13.5. The Morgan fingerprint density at radius 1 is 0.710 bits per heavy atom. The van der Waals surface area contributed by atoms with E-state index >= 15 is 0 Å². The first-order valence-corrected chi connectivity index (χ1v) is 11.6. The molecule has 0 saturated heterocycles. The number of para-hydroxylation sites is 1. The van der Waals surface area contributed by atoms with Crippen molar-refractivity contribution in [1.82, 2.24) is 0 Å². The van der Waals surface area contributed by atoms with Crippen molar-refractivity contribution in [3.8, 4) is 0 Å². The quantitative estimate of drug-likeness (QED) is 0.346. The molecule has 1 aliphatic heterocycles. The van der Waals surface area contributed by atoms with Crippen LogP contribution in [-0.4, -0.2) is 20.9 Å². The number of nitrogens with zero attached hydrogens (tertiary/aromatic N) is 1. The summed E-state index contributed by atoms with van der Waals surface area (Å²) in [6.07, 6.45) is 0. The molecular formula is C27H18FNOSe. The molecule has 0 N–H and O–H groups in total. The van der Waals surface area contributed by atoms with Gasteiger partial charge in [-0.25, -0.2) is 0 Å². The summed E-state index contributed by atoms with van der Waals surface area (Å²) < 4.78 is 22.1. The van der Waals surface area contributed by atoms with E-state index in [4.69, 9.17) is 9.73 Å². The normalized spacial score (nSPS) is 14.3. The molecule has 4 heteroatoms. The molecule has 0 unspecified atom stereocenters. The molecule has 0 spiro atoms. The number of aliphatic imine (C=N–C) groups is 1. The van der Waals surface area contributed by atoms with Crippen molar-refractivity contribution in [1.29, 1.82) is 0 Å². The first kappa shape index (κ1) is 19.5. The van der Waals surface area contributed by atoms with Gasteiger partial charge in [-0.2, -0.15) is 0 Å². The molecule has 0 aliphatic carbocycles. The number of benzene rings is 4. The van der Waals surface area contributed by atoms with Crippen LogP contribution in [0.4, 0.5) is 10.1 Å². The van der Waals surface area contributed by atoms with E-state index in [1.54, 1.807) is 0 Å². The van der Waals surface area contributed by atoms with Gasteiger partial charge in [-0.1, -0.05) is 0 Å². The predicted molar refractivity (Wildman–Crippen MR) is 125 cm³/mol. The van der Waals surface area contributed by atoms with E-state index in [2.05, 4.69) is 12.1 Å². The molecule has 0 amide bonds. The van der Waals surface area contributed by atoms with Gasteiger partial charge in [0.15, 0.2) is 0 Å². The summed E-state index contributed by atoms with van der Waals surface area (Å²) in [7, 11) is 0. The van der Waals surface area contributed by atoms with Gasteiger partial charge in [-0.05, 0) is 0 Å². The Morgan fingerprint density at radius 3 is 2.10 bits per heavy atom. The Balaban J connectivity index is 1.70. The number of ether oxygens (including phenoxy) is 1. The van der Waals surface area contributed by atoms with Gasteiger partial charge in [-0.15, -0.1) is 0 Å². The van der Waals surface area contributed by atoms with Gasteiger partial charge in [0.05, 0.1) is 0 Å². The molecule has 1 aliphatic rings. The average Bonchev–Trinajstić information content (AvgIpc) is 2.84. The SMILES string of the molecule is Fc1ccc([Se]/C(=C2\OC(c3ccccc3)=Nc3ccccc32)c2ccccc2)cc1. The van der Waals surface area contributed by atoms with E-state index in [0.29, 0.717) is 5.90 Å². The summed E-state index contributed by atoms with van der Waals surface area (Å²) in [4.78, 5) is 4.78. The van der Waals surface area contributed by atoms with E-state index in [1.807, 2.05) is 84.9 Å². The molecule has 0 fully saturated rings. The second-order valence-electron chi connectivity index (χ2n) is 6.98. The van der Waals surface area contributed by atoms with Gasteiger partial charge >= 0.3 is 187 Å². The van der Waals surface area contributed by atoms with E-state index < -0.39 is 0 Å². The Kier molecular flexibility index (Phi) is 5.49. The summed E-state index contributed by atoms with van der Waals surface area (Å²) in [5.74, 6) is 1.16. The van der Waals surface area contributed by atoms with Crippen LogP contribution < -0.4 is 4.46 Å². The van der Waals surface area contributed by atoms with Crippen LogP contribution in [0.25, 0.3) is 10.2 Å². The predicted octanol–water partition coefficient (Wildman–Crippen LogP) is 5.79. The van der Waals surface area contributed by atoms with Gasteiger partial charge in [0, 0.05) is 0 Å². The molecule has 1 heterocycles. The van der Waals surface area contributed by atoms with Crippen molar-refractivity contribution in [2.24, 2.45) is 4.99 Å². The molecule has 4 aromatic carbocycles. The van der Waals surface area contributed by atoms with Crippen molar-refractivity contribution in [3.63, 3.8) is 0 Å². The van der Waals surface area contributed by atoms with Gasteiger partial charge in [0.2, 0.25) is 0 Å². The topological polar surface area (TPSA) is 21.6 Å². The van der Waals surface area contributed by atoms with Crippen molar-refractivity contribution < 1.29 is 9.13 Å². The third-order valence-electron chi connectivity index (χ3n) is 4.87. The fourth-order valence-electron chi connectivity index (χ4n) is 3.37. The van der Waals surface area contributed by atoms with Crippen LogP contribution in [0.2, 0.25) is 0 Å². The molecular weight excluding hydrogens is 452 g/mol. The van der Waals surface area contributed by atoms with E-state index in [9.17, 15) is 4.39 Å². The number of halogens is 1. The molecule has 0 aromatic heterocycles. The van der Waals surface area contributed by atoms with Gasteiger partial charge in [-0.3, -0.25) is 0 Å². The molecule has 31 heavy (non-hydrogen) atoms. The summed E-state index contributed by atoms with van der Waals surface area (Å²) >= 11 is -0.101. The standard InChI is InChI=1S/C27H18FNOSe/c28-21-15-17-22(18-16-21)31-26(19-9-3-1-4-10-19)25-23-13-7-8-14-24(23)29-27(30-25)20-11-5-2-6-12-20/h1-18H/b26-25-. The molecule has 0 radical (unpaired) electrons. The van der Waals surface area contributed by atoms with E-state index in [0.717, 1.165) is 37.1 Å². The van der Waals surface area contributed by atoms with Crippen LogP contribution in [-0.2, 0) is 4.74 Å². The Labute approximate surface area is 186 Å².